The van der Waals surface area contributed by atoms with Crippen LogP contribution >= 0.6 is 0 Å². The zero-order valence-electron chi connectivity index (χ0n) is 35.8. The summed E-state index contributed by atoms with van der Waals surface area (Å²) in [6, 6.07) is 0. The van der Waals surface area contributed by atoms with Crippen molar-refractivity contribution in [3.63, 3.8) is 0 Å². The third-order valence-electron chi connectivity index (χ3n) is 11.9. The molecule has 0 radical (unpaired) electrons. The third-order valence-corrected chi connectivity index (χ3v) is 11.9. The molecule has 2 N–H and O–H groups in total. The van der Waals surface area contributed by atoms with Crippen LogP contribution < -0.4 is 10.6 Å². The van der Waals surface area contributed by atoms with Gasteiger partial charge in [-0.25, -0.2) is 14.4 Å². The molecule has 1 aliphatic carbocycles. The number of ether oxygens (including phenoxy) is 4. The fourth-order valence-electron chi connectivity index (χ4n) is 8.65. The Labute approximate surface area is 336 Å². The van der Waals surface area contributed by atoms with Gasteiger partial charge in [-0.3, -0.25) is 0 Å². The molecule has 1 saturated carbocycles. The van der Waals surface area contributed by atoms with Crippen LogP contribution in [0.25, 0.3) is 0 Å². The molecular formula is C46H84N2O7. The van der Waals surface area contributed by atoms with Gasteiger partial charge in [0.2, 0.25) is 0 Å². The summed E-state index contributed by atoms with van der Waals surface area (Å²) < 4.78 is 20.3. The smallest absolute Gasteiger partial charge is 0.407 e. The average molecular weight is 777 g/mol. The molecule has 2 fully saturated rings. The fraction of sp³-hybridized carbons (Fsp3) is 0.891. The Bertz CT molecular complexity index is 1000. The minimum atomic E-state index is -0.470. The predicted octanol–water partition coefficient (Wildman–Crippen LogP) is 12.0. The molecule has 0 aromatic carbocycles. The minimum Gasteiger partial charge on any atom is -0.459 e. The van der Waals surface area contributed by atoms with Crippen LogP contribution in [0.4, 0.5) is 9.59 Å². The topological polar surface area (TPSA) is 115 Å². The van der Waals surface area contributed by atoms with Gasteiger partial charge >= 0.3 is 18.2 Å². The standard InChI is InChI=1S/C46H84N2O7/c1-5-7-9-11-16-22-28-42-39(26-20-10-8-6-2)30-31-40(43(42)29-23-17-14-19-25-33-48-46(51)55-37-41-36-54-41)27-21-15-12-13-18-24-32-47-45(50)53-35-34-52-44(49)38(3)4/h39-43H,3,5-37H2,1-2,4H3,(H,47,50)(H,48,51). The highest BCUT2D eigenvalue weighted by atomic mass is 16.6. The summed E-state index contributed by atoms with van der Waals surface area (Å²) in [6.45, 7) is 12.2. The number of carbonyl (C=O) groups is 3. The molecule has 9 nitrogen and oxygen atoms in total. The van der Waals surface area contributed by atoms with Crippen molar-refractivity contribution in [1.29, 1.82) is 0 Å². The van der Waals surface area contributed by atoms with Crippen LogP contribution in [0.2, 0.25) is 0 Å². The van der Waals surface area contributed by atoms with E-state index in [1.54, 1.807) is 6.92 Å². The number of carbonyl (C=O) groups excluding carboxylic acids is 3. The number of hydrogen-bond acceptors (Lipinski definition) is 7. The van der Waals surface area contributed by atoms with E-state index in [2.05, 4.69) is 31.1 Å². The summed E-state index contributed by atoms with van der Waals surface area (Å²) in [5.74, 6) is 3.14. The van der Waals surface area contributed by atoms with Crippen LogP contribution in [0, 0.1) is 23.7 Å². The lowest BCUT2D eigenvalue weighted by atomic mass is 9.61. The van der Waals surface area contributed by atoms with E-state index in [1.165, 1.54) is 148 Å². The second kappa shape index (κ2) is 32.8. The molecular weight excluding hydrogens is 693 g/mol. The third kappa shape index (κ3) is 25.6. The molecule has 2 rings (SSSR count). The Balaban J connectivity index is 1.76. The van der Waals surface area contributed by atoms with E-state index in [-0.39, 0.29) is 25.4 Å². The number of alkyl carbamates (subject to hydrolysis) is 2. The number of unbranched alkanes of at least 4 members (excludes halogenated alkanes) is 17. The van der Waals surface area contributed by atoms with E-state index in [4.69, 9.17) is 18.9 Å². The SMILES string of the molecule is C=C(C)C(=O)OCCOC(=O)NCCCCCCCCC1CCC(CCCCCC)C(CCCCCCCC)C1CCCCCCCNC(=O)OCC1CO1. The molecule has 0 aromatic heterocycles. The molecule has 0 bridgehead atoms. The Morgan fingerprint density at radius 1 is 0.564 bits per heavy atom. The largest absolute Gasteiger partial charge is 0.459 e. The van der Waals surface area contributed by atoms with Gasteiger partial charge in [0.15, 0.2) is 0 Å². The molecule has 320 valence electrons. The quantitative estimate of drug-likeness (QED) is 0.0216. The van der Waals surface area contributed by atoms with Crippen molar-refractivity contribution in [1.82, 2.24) is 10.6 Å². The van der Waals surface area contributed by atoms with Gasteiger partial charge < -0.3 is 29.6 Å². The highest BCUT2D eigenvalue weighted by molar-refractivity contribution is 5.86. The van der Waals surface area contributed by atoms with Crippen molar-refractivity contribution >= 4 is 18.2 Å². The van der Waals surface area contributed by atoms with Crippen LogP contribution in [0.15, 0.2) is 12.2 Å². The van der Waals surface area contributed by atoms with Gasteiger partial charge in [0.25, 0.3) is 0 Å². The molecule has 0 aromatic rings. The van der Waals surface area contributed by atoms with Gasteiger partial charge in [-0.15, -0.1) is 0 Å². The number of amides is 2. The van der Waals surface area contributed by atoms with Crippen LogP contribution in [-0.4, -0.2) is 63.8 Å². The maximum absolute atomic E-state index is 11.9. The molecule has 1 aliphatic heterocycles. The molecule has 1 heterocycles. The number of nitrogens with one attached hydrogen (secondary N) is 2. The minimum absolute atomic E-state index is 0.0392. The molecule has 2 aliphatic rings. The van der Waals surface area contributed by atoms with E-state index >= 15 is 0 Å². The van der Waals surface area contributed by atoms with Gasteiger partial charge in [0, 0.05) is 18.7 Å². The Morgan fingerprint density at radius 2 is 0.964 bits per heavy atom. The van der Waals surface area contributed by atoms with Crippen LogP contribution in [0.1, 0.15) is 194 Å². The first-order valence-electron chi connectivity index (χ1n) is 23.1. The normalized spacial score (nSPS) is 20.5. The van der Waals surface area contributed by atoms with Gasteiger partial charge in [-0.1, -0.05) is 155 Å². The van der Waals surface area contributed by atoms with Gasteiger partial charge in [-0.2, -0.15) is 0 Å². The molecule has 55 heavy (non-hydrogen) atoms. The monoisotopic (exact) mass is 777 g/mol. The van der Waals surface area contributed by atoms with Gasteiger partial charge in [0.1, 0.15) is 25.9 Å². The van der Waals surface area contributed by atoms with E-state index in [0.717, 1.165) is 49.4 Å². The lowest BCUT2D eigenvalue weighted by molar-refractivity contribution is -0.139. The van der Waals surface area contributed by atoms with Crippen molar-refractivity contribution in [3.8, 4) is 0 Å². The van der Waals surface area contributed by atoms with Crippen LogP contribution in [0.5, 0.6) is 0 Å². The zero-order chi connectivity index (χ0) is 39.8. The maximum Gasteiger partial charge on any atom is 0.407 e. The summed E-state index contributed by atoms with van der Waals surface area (Å²) >= 11 is 0. The molecule has 2 amide bonds. The van der Waals surface area contributed by atoms with E-state index in [1.807, 2.05) is 0 Å². The van der Waals surface area contributed by atoms with Crippen molar-refractivity contribution in [2.75, 3.05) is 39.5 Å². The van der Waals surface area contributed by atoms with E-state index < -0.39 is 12.1 Å². The van der Waals surface area contributed by atoms with Crippen molar-refractivity contribution in [3.05, 3.63) is 12.2 Å². The summed E-state index contributed by atoms with van der Waals surface area (Å²) in [6.07, 6.45) is 35.0. The van der Waals surface area contributed by atoms with Crippen LogP contribution in [-0.2, 0) is 23.7 Å². The lowest BCUT2D eigenvalue weighted by Crippen LogP contribution is -2.35. The number of rotatable bonds is 35. The van der Waals surface area contributed by atoms with Crippen LogP contribution in [0.3, 0.4) is 0 Å². The molecule has 1 saturated heterocycles. The van der Waals surface area contributed by atoms with Gasteiger partial charge in [-0.05, 0) is 69.1 Å². The number of epoxide rings is 1. The summed E-state index contributed by atoms with van der Waals surface area (Å²) in [5.41, 5.74) is 0.332. The summed E-state index contributed by atoms with van der Waals surface area (Å²) in [4.78, 5) is 35.1. The van der Waals surface area contributed by atoms with Crippen molar-refractivity contribution in [2.24, 2.45) is 23.7 Å². The Morgan fingerprint density at radius 3 is 1.44 bits per heavy atom. The van der Waals surface area contributed by atoms with E-state index in [9.17, 15) is 14.4 Å². The molecule has 5 unspecified atom stereocenters. The molecule has 5 atom stereocenters. The number of hydrogen-bond donors (Lipinski definition) is 2. The van der Waals surface area contributed by atoms with Gasteiger partial charge in [0.05, 0.1) is 6.61 Å². The molecule has 0 spiro atoms. The summed E-state index contributed by atoms with van der Waals surface area (Å²) in [5, 5.41) is 5.69. The lowest BCUT2D eigenvalue weighted by Gasteiger charge is -2.44. The fourth-order valence-corrected chi connectivity index (χ4v) is 8.65. The molecule has 9 heteroatoms. The zero-order valence-corrected chi connectivity index (χ0v) is 35.8. The first-order chi connectivity index (χ1) is 26.8. The van der Waals surface area contributed by atoms with Crippen molar-refractivity contribution < 1.29 is 33.3 Å². The Kier molecular flexibility index (Phi) is 29.1. The first kappa shape index (κ1) is 48.9. The first-order valence-corrected chi connectivity index (χ1v) is 23.1. The average Bonchev–Trinajstić information content (AvgIpc) is 4.01. The number of esters is 1. The van der Waals surface area contributed by atoms with Crippen molar-refractivity contribution in [2.45, 2.75) is 200 Å². The highest BCUT2D eigenvalue weighted by Crippen LogP contribution is 2.47. The summed E-state index contributed by atoms with van der Waals surface area (Å²) in [7, 11) is 0. The predicted molar refractivity (Wildman–Crippen MR) is 224 cm³/mol. The highest BCUT2D eigenvalue weighted by Gasteiger charge is 2.37. The Hall–Kier alpha value is -2.29. The maximum atomic E-state index is 11.9. The second-order valence-electron chi connectivity index (χ2n) is 16.8. The van der Waals surface area contributed by atoms with E-state index in [0.29, 0.717) is 31.9 Å². The second-order valence-corrected chi connectivity index (χ2v) is 16.8.